The van der Waals surface area contributed by atoms with E-state index in [0.717, 1.165) is 22.6 Å². The third-order valence-electron chi connectivity index (χ3n) is 4.46. The summed E-state index contributed by atoms with van der Waals surface area (Å²) in [5.74, 6) is 2.07. The number of hydrogen-bond acceptors (Lipinski definition) is 7. The van der Waals surface area contributed by atoms with Crippen molar-refractivity contribution in [3.05, 3.63) is 53.4 Å². The fourth-order valence-corrected chi connectivity index (χ4v) is 3.69. The molecule has 0 bridgehead atoms. The minimum atomic E-state index is -0.117. The minimum Gasteiger partial charge on any atom is -0.497 e. The van der Waals surface area contributed by atoms with Crippen molar-refractivity contribution in [2.45, 2.75) is 6.54 Å². The van der Waals surface area contributed by atoms with Gasteiger partial charge in [-0.3, -0.25) is 9.69 Å². The number of aromatic nitrogens is 1. The summed E-state index contributed by atoms with van der Waals surface area (Å²) in [6, 6.07) is 13.3. The second-order valence-corrected chi connectivity index (χ2v) is 7.53. The van der Waals surface area contributed by atoms with E-state index in [-0.39, 0.29) is 12.5 Å². The van der Waals surface area contributed by atoms with Gasteiger partial charge in [0, 0.05) is 23.6 Å². The van der Waals surface area contributed by atoms with Gasteiger partial charge in [-0.25, -0.2) is 4.98 Å². The number of hydrogen-bond donors (Lipinski definition) is 1. The van der Waals surface area contributed by atoms with Crippen molar-refractivity contribution in [1.82, 2.24) is 9.88 Å². The molecule has 1 aromatic heterocycles. The van der Waals surface area contributed by atoms with Crippen molar-refractivity contribution < 1.29 is 19.0 Å². The summed E-state index contributed by atoms with van der Waals surface area (Å²) in [5.41, 5.74) is 2.68. The first-order chi connectivity index (χ1) is 14.5. The second-order valence-electron chi connectivity index (χ2n) is 6.67. The van der Waals surface area contributed by atoms with Crippen LogP contribution in [-0.4, -0.2) is 50.7 Å². The van der Waals surface area contributed by atoms with Gasteiger partial charge in [0.2, 0.25) is 5.91 Å². The van der Waals surface area contributed by atoms with Crippen LogP contribution in [-0.2, 0) is 11.3 Å². The number of thiazole rings is 1. The number of methoxy groups -OCH3 is 3. The van der Waals surface area contributed by atoms with Gasteiger partial charge in [0.15, 0.2) is 5.13 Å². The maximum Gasteiger partial charge on any atom is 0.240 e. The molecule has 1 heterocycles. The van der Waals surface area contributed by atoms with Crippen molar-refractivity contribution in [2.24, 2.45) is 0 Å². The number of rotatable bonds is 9. The van der Waals surface area contributed by atoms with Gasteiger partial charge in [-0.2, -0.15) is 0 Å². The summed E-state index contributed by atoms with van der Waals surface area (Å²) in [4.78, 5) is 18.9. The lowest BCUT2D eigenvalue weighted by Gasteiger charge is -2.16. The van der Waals surface area contributed by atoms with Crippen LogP contribution in [0.5, 0.6) is 17.2 Å². The number of benzene rings is 2. The van der Waals surface area contributed by atoms with Crippen LogP contribution >= 0.6 is 11.3 Å². The standard InChI is InChI=1S/C22H25N3O4S/c1-25(12-15-5-7-16(27-2)8-6-15)13-21(26)24-22-23-19(14-30-22)18-10-9-17(28-3)11-20(18)29-4/h5-11,14H,12-13H2,1-4H3,(H,23,24,26). The molecule has 0 saturated carbocycles. The Kier molecular flexibility index (Phi) is 7.26. The summed E-state index contributed by atoms with van der Waals surface area (Å²) in [5, 5.41) is 5.31. The third kappa shape index (κ3) is 5.49. The van der Waals surface area contributed by atoms with Crippen LogP contribution in [0.1, 0.15) is 5.56 Å². The van der Waals surface area contributed by atoms with Crippen molar-refractivity contribution in [3.8, 4) is 28.5 Å². The zero-order valence-electron chi connectivity index (χ0n) is 17.5. The first-order valence-corrected chi connectivity index (χ1v) is 10.2. The van der Waals surface area contributed by atoms with Gasteiger partial charge in [0.05, 0.1) is 33.6 Å². The SMILES string of the molecule is COc1ccc(CN(C)CC(=O)Nc2nc(-c3ccc(OC)cc3OC)cs2)cc1. The average molecular weight is 428 g/mol. The van der Waals surface area contributed by atoms with Gasteiger partial charge >= 0.3 is 0 Å². The number of ether oxygens (including phenoxy) is 3. The van der Waals surface area contributed by atoms with Crippen molar-refractivity contribution >= 4 is 22.4 Å². The van der Waals surface area contributed by atoms with Crippen molar-refractivity contribution in [1.29, 1.82) is 0 Å². The Morgan fingerprint density at radius 3 is 2.40 bits per heavy atom. The largest absolute Gasteiger partial charge is 0.497 e. The molecular formula is C22H25N3O4S. The van der Waals surface area contributed by atoms with E-state index in [2.05, 4.69) is 10.3 Å². The topological polar surface area (TPSA) is 72.9 Å². The number of nitrogens with zero attached hydrogens (tertiary/aromatic N) is 2. The van der Waals surface area contributed by atoms with Gasteiger partial charge in [0.25, 0.3) is 0 Å². The molecule has 2 aromatic carbocycles. The van der Waals surface area contributed by atoms with Gasteiger partial charge in [-0.05, 0) is 36.9 Å². The van der Waals surface area contributed by atoms with E-state index < -0.39 is 0 Å². The predicted octanol–water partition coefficient (Wildman–Crippen LogP) is 3.91. The van der Waals surface area contributed by atoms with Crippen LogP contribution in [0.15, 0.2) is 47.8 Å². The van der Waals surface area contributed by atoms with Crippen LogP contribution < -0.4 is 19.5 Å². The van der Waals surface area contributed by atoms with E-state index in [1.165, 1.54) is 11.3 Å². The molecule has 3 rings (SSSR count). The number of anilines is 1. The Labute approximate surface area is 180 Å². The van der Waals surface area contributed by atoms with Crippen LogP contribution in [0.4, 0.5) is 5.13 Å². The van der Waals surface area contributed by atoms with Gasteiger partial charge in [0.1, 0.15) is 17.2 Å². The quantitative estimate of drug-likeness (QED) is 0.558. The average Bonchev–Trinajstić information content (AvgIpc) is 3.21. The molecule has 0 fully saturated rings. The molecule has 1 N–H and O–H groups in total. The molecule has 0 radical (unpaired) electrons. The van der Waals surface area contributed by atoms with E-state index in [1.54, 1.807) is 27.4 Å². The lowest BCUT2D eigenvalue weighted by molar-refractivity contribution is -0.117. The molecule has 8 heteroatoms. The third-order valence-corrected chi connectivity index (χ3v) is 5.22. The summed E-state index contributed by atoms with van der Waals surface area (Å²) in [6.07, 6.45) is 0. The maximum atomic E-state index is 12.4. The molecule has 1 amide bonds. The molecule has 0 unspecified atom stereocenters. The summed E-state index contributed by atoms with van der Waals surface area (Å²) in [7, 11) is 6.75. The molecule has 3 aromatic rings. The van der Waals surface area contributed by atoms with Gasteiger partial charge in [-0.15, -0.1) is 11.3 Å². The van der Waals surface area contributed by atoms with E-state index in [9.17, 15) is 4.79 Å². The first-order valence-electron chi connectivity index (χ1n) is 9.31. The summed E-state index contributed by atoms with van der Waals surface area (Å²) in [6.45, 7) is 0.913. The van der Waals surface area contributed by atoms with E-state index in [4.69, 9.17) is 14.2 Å². The second kappa shape index (κ2) is 10.1. The molecule has 7 nitrogen and oxygen atoms in total. The van der Waals surface area contributed by atoms with Crippen molar-refractivity contribution in [3.63, 3.8) is 0 Å². The Morgan fingerprint density at radius 1 is 1.03 bits per heavy atom. The van der Waals surface area contributed by atoms with Crippen LogP contribution in [0.25, 0.3) is 11.3 Å². The zero-order valence-corrected chi connectivity index (χ0v) is 18.3. The number of likely N-dealkylation sites (N-methyl/N-ethyl adjacent to an activating group) is 1. The Hall–Kier alpha value is -3.10. The van der Waals surface area contributed by atoms with Gasteiger partial charge in [-0.1, -0.05) is 12.1 Å². The molecule has 30 heavy (non-hydrogen) atoms. The molecule has 0 aliphatic rings. The number of carbonyl (C=O) groups excluding carboxylic acids is 1. The Morgan fingerprint density at radius 2 is 1.73 bits per heavy atom. The molecule has 0 spiro atoms. The molecule has 0 aliphatic heterocycles. The van der Waals surface area contributed by atoms with Crippen molar-refractivity contribution in [2.75, 3.05) is 40.2 Å². The predicted molar refractivity (Wildman–Crippen MR) is 119 cm³/mol. The minimum absolute atomic E-state index is 0.117. The summed E-state index contributed by atoms with van der Waals surface area (Å²) < 4.78 is 15.8. The molecular weight excluding hydrogens is 402 g/mol. The Bertz CT molecular complexity index is 988. The normalized spacial score (nSPS) is 10.7. The van der Waals surface area contributed by atoms with E-state index >= 15 is 0 Å². The maximum absolute atomic E-state index is 12.4. The van der Waals surface area contributed by atoms with Crippen LogP contribution in [0.3, 0.4) is 0 Å². The fraction of sp³-hybridized carbons (Fsp3) is 0.273. The van der Waals surface area contributed by atoms with Gasteiger partial charge < -0.3 is 19.5 Å². The molecule has 158 valence electrons. The first kappa shape index (κ1) is 21.6. The number of amides is 1. The monoisotopic (exact) mass is 427 g/mol. The highest BCUT2D eigenvalue weighted by atomic mass is 32.1. The lowest BCUT2D eigenvalue weighted by atomic mass is 10.1. The Balaban J connectivity index is 1.59. The van der Waals surface area contributed by atoms with E-state index in [1.807, 2.05) is 53.7 Å². The van der Waals surface area contributed by atoms with Crippen LogP contribution in [0.2, 0.25) is 0 Å². The zero-order chi connectivity index (χ0) is 21.5. The summed E-state index contributed by atoms with van der Waals surface area (Å²) >= 11 is 1.37. The lowest BCUT2D eigenvalue weighted by Crippen LogP contribution is -2.29. The fourth-order valence-electron chi connectivity index (χ4n) is 2.97. The highest BCUT2D eigenvalue weighted by Crippen LogP contribution is 2.34. The van der Waals surface area contributed by atoms with E-state index in [0.29, 0.717) is 23.2 Å². The molecule has 0 aliphatic carbocycles. The smallest absolute Gasteiger partial charge is 0.240 e. The highest BCUT2D eigenvalue weighted by Gasteiger charge is 2.14. The number of nitrogens with one attached hydrogen (secondary N) is 1. The number of carbonyl (C=O) groups is 1. The highest BCUT2D eigenvalue weighted by molar-refractivity contribution is 7.14. The van der Waals surface area contributed by atoms with Crippen LogP contribution in [0, 0.1) is 0 Å². The molecule has 0 saturated heterocycles. The molecule has 0 atom stereocenters.